The molecule has 0 amide bonds. The Morgan fingerprint density at radius 2 is 1.75 bits per heavy atom. The number of rotatable bonds is 3. The molecule has 100 valence electrons. The summed E-state index contributed by atoms with van der Waals surface area (Å²) < 4.78 is 5.88. The molecule has 2 aromatic carbocycles. The molecule has 0 unspecified atom stereocenters. The number of ether oxygens (including phenoxy) is 1. The Bertz CT molecular complexity index is 736. The number of benzene rings is 2. The van der Waals surface area contributed by atoms with Gasteiger partial charge in [0.1, 0.15) is 5.75 Å². The van der Waals surface area contributed by atoms with Crippen molar-refractivity contribution in [1.29, 1.82) is 0 Å². The lowest BCUT2D eigenvalue weighted by atomic mass is 10.2. The molecular weight excluding hydrogens is 248 g/mol. The van der Waals surface area contributed by atoms with Gasteiger partial charge in [-0.2, -0.15) is 0 Å². The molecule has 0 atom stereocenters. The van der Waals surface area contributed by atoms with Crippen LogP contribution in [0.2, 0.25) is 0 Å². The fourth-order valence-electron chi connectivity index (χ4n) is 2.11. The lowest BCUT2D eigenvalue weighted by Gasteiger charge is -2.09. The van der Waals surface area contributed by atoms with E-state index in [2.05, 4.69) is 22.4 Å². The highest BCUT2D eigenvalue weighted by molar-refractivity contribution is 5.80. The quantitative estimate of drug-likeness (QED) is 0.762. The van der Waals surface area contributed by atoms with Gasteiger partial charge in [0.05, 0.1) is 5.52 Å². The van der Waals surface area contributed by atoms with Crippen LogP contribution >= 0.6 is 0 Å². The van der Waals surface area contributed by atoms with E-state index in [-0.39, 0.29) is 0 Å². The number of para-hydroxylation sites is 1. The molecule has 0 saturated carbocycles. The molecule has 0 aliphatic rings. The van der Waals surface area contributed by atoms with Crippen LogP contribution in [0.3, 0.4) is 0 Å². The van der Waals surface area contributed by atoms with Crippen molar-refractivity contribution in [3.63, 3.8) is 0 Å². The molecule has 3 nitrogen and oxygen atoms in total. The Balaban J connectivity index is 1.94. The second-order valence-corrected chi connectivity index (χ2v) is 4.68. The summed E-state index contributed by atoms with van der Waals surface area (Å²) in [6.07, 6.45) is 0. The normalized spacial score (nSPS) is 10.5. The number of aryl methyl sites for hydroxylation is 1. The Kier molecular flexibility index (Phi) is 3.25. The van der Waals surface area contributed by atoms with Crippen LogP contribution in [0.4, 0.5) is 5.69 Å². The molecule has 20 heavy (non-hydrogen) atoms. The zero-order valence-electron chi connectivity index (χ0n) is 11.6. The van der Waals surface area contributed by atoms with Crippen LogP contribution in [0.5, 0.6) is 11.6 Å². The number of anilines is 1. The predicted molar refractivity (Wildman–Crippen MR) is 82.5 cm³/mol. The number of fused-ring (bicyclic) bond motifs is 1. The maximum atomic E-state index is 5.88. The van der Waals surface area contributed by atoms with E-state index < -0.39 is 0 Å². The lowest BCUT2D eigenvalue weighted by Crippen LogP contribution is -1.93. The monoisotopic (exact) mass is 264 g/mol. The first kappa shape index (κ1) is 12.5. The van der Waals surface area contributed by atoms with E-state index in [0.717, 1.165) is 27.9 Å². The van der Waals surface area contributed by atoms with Gasteiger partial charge in [-0.15, -0.1) is 0 Å². The van der Waals surface area contributed by atoms with Gasteiger partial charge in [0.15, 0.2) is 0 Å². The summed E-state index contributed by atoms with van der Waals surface area (Å²) in [5.41, 5.74) is 3.03. The van der Waals surface area contributed by atoms with Crippen LogP contribution in [0.15, 0.2) is 54.6 Å². The Morgan fingerprint density at radius 3 is 2.50 bits per heavy atom. The minimum Gasteiger partial charge on any atom is -0.439 e. The van der Waals surface area contributed by atoms with Gasteiger partial charge in [0.2, 0.25) is 5.88 Å². The van der Waals surface area contributed by atoms with Gasteiger partial charge in [-0.25, -0.2) is 4.98 Å². The predicted octanol–water partition coefficient (Wildman–Crippen LogP) is 4.38. The van der Waals surface area contributed by atoms with Crippen molar-refractivity contribution < 1.29 is 4.74 Å². The van der Waals surface area contributed by atoms with Crippen molar-refractivity contribution in [2.75, 3.05) is 12.4 Å². The van der Waals surface area contributed by atoms with Crippen LogP contribution < -0.4 is 10.1 Å². The van der Waals surface area contributed by atoms with Gasteiger partial charge in [0.25, 0.3) is 0 Å². The van der Waals surface area contributed by atoms with Crippen molar-refractivity contribution in [2.45, 2.75) is 6.92 Å². The maximum absolute atomic E-state index is 5.88. The molecule has 0 aliphatic carbocycles. The fourth-order valence-corrected chi connectivity index (χ4v) is 2.11. The van der Waals surface area contributed by atoms with Crippen molar-refractivity contribution in [3.8, 4) is 11.6 Å². The molecule has 0 bridgehead atoms. The Morgan fingerprint density at radius 1 is 1.00 bits per heavy atom. The van der Waals surface area contributed by atoms with E-state index in [9.17, 15) is 0 Å². The molecule has 0 saturated heterocycles. The summed E-state index contributed by atoms with van der Waals surface area (Å²) >= 11 is 0. The summed E-state index contributed by atoms with van der Waals surface area (Å²) in [5, 5.41) is 4.21. The highest BCUT2D eigenvalue weighted by atomic mass is 16.5. The second kappa shape index (κ2) is 5.21. The first-order valence-electron chi connectivity index (χ1n) is 6.58. The molecular formula is C17H16N2O. The summed E-state index contributed by atoms with van der Waals surface area (Å²) in [6.45, 7) is 2.01. The van der Waals surface area contributed by atoms with E-state index in [0.29, 0.717) is 5.88 Å². The van der Waals surface area contributed by atoms with E-state index >= 15 is 0 Å². The smallest absolute Gasteiger partial charge is 0.222 e. The average Bonchev–Trinajstić information content (AvgIpc) is 2.49. The van der Waals surface area contributed by atoms with Gasteiger partial charge in [0, 0.05) is 23.7 Å². The highest BCUT2D eigenvalue weighted by Gasteiger charge is 2.05. The molecule has 0 spiro atoms. The lowest BCUT2D eigenvalue weighted by molar-refractivity contribution is 0.461. The van der Waals surface area contributed by atoms with Crippen molar-refractivity contribution in [3.05, 3.63) is 60.2 Å². The van der Waals surface area contributed by atoms with Crippen molar-refractivity contribution in [2.24, 2.45) is 0 Å². The minimum absolute atomic E-state index is 0.654. The first-order chi connectivity index (χ1) is 9.76. The van der Waals surface area contributed by atoms with E-state index in [1.807, 2.05) is 56.4 Å². The van der Waals surface area contributed by atoms with Crippen LogP contribution in [-0.2, 0) is 0 Å². The number of nitrogens with zero attached hydrogens (tertiary/aromatic N) is 1. The average molecular weight is 264 g/mol. The van der Waals surface area contributed by atoms with Crippen LogP contribution in [-0.4, -0.2) is 12.0 Å². The molecule has 1 N–H and O–H groups in total. The molecule has 3 heteroatoms. The second-order valence-electron chi connectivity index (χ2n) is 4.68. The van der Waals surface area contributed by atoms with Gasteiger partial charge in [-0.3, -0.25) is 0 Å². The van der Waals surface area contributed by atoms with Crippen LogP contribution in [0.25, 0.3) is 10.9 Å². The third-order valence-electron chi connectivity index (χ3n) is 3.23. The molecule has 0 fully saturated rings. The number of hydrogen-bond donors (Lipinski definition) is 1. The topological polar surface area (TPSA) is 34.1 Å². The molecule has 0 radical (unpaired) electrons. The minimum atomic E-state index is 0.654. The van der Waals surface area contributed by atoms with Gasteiger partial charge >= 0.3 is 0 Å². The molecule has 0 aliphatic heterocycles. The fraction of sp³-hybridized carbons (Fsp3) is 0.118. The number of nitrogens with one attached hydrogen (secondary N) is 1. The van der Waals surface area contributed by atoms with Gasteiger partial charge in [-0.05, 0) is 43.3 Å². The summed E-state index contributed by atoms with van der Waals surface area (Å²) in [5.74, 6) is 1.44. The highest BCUT2D eigenvalue weighted by Crippen LogP contribution is 2.27. The van der Waals surface area contributed by atoms with Crippen LogP contribution in [0.1, 0.15) is 5.56 Å². The zero-order valence-corrected chi connectivity index (χ0v) is 11.6. The zero-order chi connectivity index (χ0) is 13.9. The summed E-state index contributed by atoms with van der Waals surface area (Å²) in [4.78, 5) is 4.57. The Labute approximate surface area is 118 Å². The maximum Gasteiger partial charge on any atom is 0.222 e. The third kappa shape index (κ3) is 2.43. The molecule has 3 rings (SSSR count). The SMILES string of the molecule is CNc1ccc(Oc2nc3ccccc3cc2C)cc1. The molecule has 1 heterocycles. The van der Waals surface area contributed by atoms with Gasteiger partial charge < -0.3 is 10.1 Å². The summed E-state index contributed by atoms with van der Waals surface area (Å²) in [7, 11) is 1.89. The third-order valence-corrected chi connectivity index (χ3v) is 3.23. The van der Waals surface area contributed by atoms with Crippen molar-refractivity contribution in [1.82, 2.24) is 4.98 Å². The van der Waals surface area contributed by atoms with E-state index in [4.69, 9.17) is 4.74 Å². The van der Waals surface area contributed by atoms with E-state index in [1.165, 1.54) is 0 Å². The summed E-state index contributed by atoms with van der Waals surface area (Å²) in [6, 6.07) is 18.0. The first-order valence-corrected chi connectivity index (χ1v) is 6.58. The van der Waals surface area contributed by atoms with Crippen molar-refractivity contribution >= 4 is 16.6 Å². The number of hydrogen-bond acceptors (Lipinski definition) is 3. The van der Waals surface area contributed by atoms with Crippen LogP contribution in [0, 0.1) is 6.92 Å². The van der Waals surface area contributed by atoms with E-state index in [1.54, 1.807) is 0 Å². The van der Waals surface area contributed by atoms with Gasteiger partial charge in [-0.1, -0.05) is 18.2 Å². The number of pyridine rings is 1. The number of aromatic nitrogens is 1. The standard InChI is InChI=1S/C17H16N2O/c1-12-11-13-5-3-4-6-16(13)19-17(12)20-15-9-7-14(18-2)8-10-15/h3-11,18H,1-2H3. The molecule has 3 aromatic rings. The molecule has 1 aromatic heterocycles. The Hall–Kier alpha value is -2.55. The largest absolute Gasteiger partial charge is 0.439 e.